The van der Waals surface area contributed by atoms with Gasteiger partial charge in [0, 0.05) is 39.4 Å². The van der Waals surface area contributed by atoms with Gasteiger partial charge in [0.1, 0.15) is 11.3 Å². The number of ether oxygens (including phenoxy) is 1. The molecule has 36 heavy (non-hydrogen) atoms. The predicted octanol–water partition coefficient (Wildman–Crippen LogP) is 8.66. The van der Waals surface area contributed by atoms with Crippen LogP contribution in [0, 0.1) is 6.92 Å². The molecule has 0 fully saturated rings. The Morgan fingerprint density at radius 1 is 1.00 bits per heavy atom. The Balaban J connectivity index is 1.56. The summed E-state index contributed by atoms with van der Waals surface area (Å²) in [6, 6.07) is 24.0. The Morgan fingerprint density at radius 3 is 2.61 bits per heavy atom. The highest BCUT2D eigenvalue weighted by molar-refractivity contribution is 6.31. The zero-order valence-electron chi connectivity index (χ0n) is 20.4. The van der Waals surface area contributed by atoms with Crippen molar-refractivity contribution in [1.82, 2.24) is 0 Å². The lowest BCUT2D eigenvalue weighted by atomic mass is 9.96. The smallest absolute Gasteiger partial charge is 0.248 e. The number of amides is 1. The minimum Gasteiger partial charge on any atom is -0.493 e. The third-order valence-electron chi connectivity index (χ3n) is 6.27. The van der Waals surface area contributed by atoms with E-state index in [-0.39, 0.29) is 5.91 Å². The summed E-state index contributed by atoms with van der Waals surface area (Å²) in [5.74, 6) is 0.431. The van der Waals surface area contributed by atoms with Crippen LogP contribution in [0.15, 0.2) is 89.6 Å². The molecule has 0 saturated heterocycles. The first-order valence-corrected chi connectivity index (χ1v) is 12.2. The van der Waals surface area contributed by atoms with Gasteiger partial charge in [-0.15, -0.1) is 0 Å². The third-order valence-corrected chi connectivity index (χ3v) is 6.67. The Morgan fingerprint density at radius 2 is 1.81 bits per heavy atom. The zero-order valence-corrected chi connectivity index (χ0v) is 21.1. The second kappa shape index (κ2) is 9.92. The molecule has 0 bridgehead atoms. The van der Waals surface area contributed by atoms with Gasteiger partial charge in [-0.2, -0.15) is 0 Å². The topological polar surface area (TPSA) is 51.5 Å². The highest BCUT2D eigenvalue weighted by atomic mass is 35.5. The lowest BCUT2D eigenvalue weighted by Gasteiger charge is -2.12. The number of halogens is 1. The van der Waals surface area contributed by atoms with Crippen LogP contribution in [0.2, 0.25) is 5.02 Å². The van der Waals surface area contributed by atoms with Crippen LogP contribution in [0.3, 0.4) is 0 Å². The molecule has 1 N–H and O–H groups in total. The van der Waals surface area contributed by atoms with E-state index in [2.05, 4.69) is 35.6 Å². The van der Waals surface area contributed by atoms with Crippen LogP contribution in [0.25, 0.3) is 38.4 Å². The number of hydrogen-bond donors (Lipinski definition) is 1. The molecule has 0 saturated carbocycles. The van der Waals surface area contributed by atoms with Crippen molar-refractivity contribution in [3.05, 3.63) is 101 Å². The Hall–Kier alpha value is -4.02. The van der Waals surface area contributed by atoms with Gasteiger partial charge in [-0.1, -0.05) is 60.1 Å². The molecule has 0 aliphatic carbocycles. The number of aryl methyl sites for hydroxylation is 1. The number of allylic oxidation sites excluding steroid dienone is 1. The van der Waals surface area contributed by atoms with Gasteiger partial charge < -0.3 is 14.5 Å². The van der Waals surface area contributed by atoms with E-state index >= 15 is 0 Å². The maximum atomic E-state index is 12.8. The number of hydrogen-bond acceptors (Lipinski definition) is 3. The molecular formula is C31H26ClNO3. The number of rotatable bonds is 6. The first kappa shape index (κ1) is 23.7. The number of carbonyl (C=O) groups is 1. The van der Waals surface area contributed by atoms with Gasteiger partial charge in [-0.3, -0.25) is 4.79 Å². The molecule has 0 spiro atoms. The number of carbonyl (C=O) groups excluding carboxylic acids is 1. The molecule has 5 rings (SSSR count). The number of nitrogens with one attached hydrogen (secondary N) is 1. The Labute approximate surface area is 215 Å². The molecule has 4 nitrogen and oxygen atoms in total. The maximum absolute atomic E-state index is 12.8. The van der Waals surface area contributed by atoms with Crippen LogP contribution in [0.1, 0.15) is 25.0 Å². The van der Waals surface area contributed by atoms with Gasteiger partial charge in [-0.05, 0) is 66.4 Å². The van der Waals surface area contributed by atoms with Gasteiger partial charge in [0.15, 0.2) is 0 Å². The standard InChI is InChI=1S/C31H26ClNO3/c1-4-35-29-17-30-26(27(18-36-30)24-11-7-9-21-8-5-6-10-23(21)24)16-25(29)20(3)14-31(34)33-22-13-12-19(2)28(32)15-22/h5-18H,4H2,1-3H3,(H,33,34)/b20-14+. The van der Waals surface area contributed by atoms with Gasteiger partial charge in [-0.25, -0.2) is 0 Å². The van der Waals surface area contributed by atoms with Crippen molar-refractivity contribution in [2.75, 3.05) is 11.9 Å². The van der Waals surface area contributed by atoms with E-state index < -0.39 is 0 Å². The average molecular weight is 496 g/mol. The molecule has 0 aliphatic heterocycles. The molecule has 180 valence electrons. The molecule has 5 aromatic rings. The minimum atomic E-state index is -0.239. The summed E-state index contributed by atoms with van der Waals surface area (Å²) in [5, 5.41) is 6.78. The quantitative estimate of drug-likeness (QED) is 0.240. The molecular weight excluding hydrogens is 470 g/mol. The third kappa shape index (κ3) is 4.60. The van der Waals surface area contributed by atoms with E-state index in [1.54, 1.807) is 18.4 Å². The first-order valence-electron chi connectivity index (χ1n) is 11.9. The summed E-state index contributed by atoms with van der Waals surface area (Å²) in [4.78, 5) is 12.8. The van der Waals surface area contributed by atoms with Crippen LogP contribution in [0.5, 0.6) is 5.75 Å². The van der Waals surface area contributed by atoms with E-state index in [0.29, 0.717) is 23.1 Å². The second-order valence-electron chi connectivity index (χ2n) is 8.73. The highest BCUT2D eigenvalue weighted by Gasteiger charge is 2.16. The van der Waals surface area contributed by atoms with Gasteiger partial charge >= 0.3 is 0 Å². The average Bonchev–Trinajstić information content (AvgIpc) is 3.28. The van der Waals surface area contributed by atoms with Crippen molar-refractivity contribution in [3.63, 3.8) is 0 Å². The van der Waals surface area contributed by atoms with Crippen LogP contribution in [-0.2, 0) is 4.79 Å². The van der Waals surface area contributed by atoms with Gasteiger partial charge in [0.25, 0.3) is 0 Å². The monoisotopic (exact) mass is 495 g/mol. The Bertz CT molecular complexity index is 1630. The molecule has 1 aromatic heterocycles. The molecule has 4 aromatic carbocycles. The van der Waals surface area contributed by atoms with Crippen molar-refractivity contribution in [2.24, 2.45) is 0 Å². The summed E-state index contributed by atoms with van der Waals surface area (Å²) in [6.07, 6.45) is 3.37. The fourth-order valence-electron chi connectivity index (χ4n) is 4.43. The second-order valence-corrected chi connectivity index (χ2v) is 9.14. The summed E-state index contributed by atoms with van der Waals surface area (Å²) in [6.45, 7) is 6.26. The normalized spacial score (nSPS) is 11.7. The SMILES string of the molecule is CCOc1cc2occ(-c3cccc4ccccc34)c2cc1/C(C)=C/C(=O)Nc1ccc(C)c(Cl)c1. The lowest BCUT2D eigenvalue weighted by molar-refractivity contribution is -0.111. The van der Waals surface area contributed by atoms with Crippen molar-refractivity contribution in [1.29, 1.82) is 0 Å². The fourth-order valence-corrected chi connectivity index (χ4v) is 4.61. The first-order chi connectivity index (χ1) is 17.4. The summed E-state index contributed by atoms with van der Waals surface area (Å²) in [5.41, 5.74) is 6.05. The van der Waals surface area contributed by atoms with E-state index in [4.69, 9.17) is 20.8 Å². The largest absolute Gasteiger partial charge is 0.493 e. The summed E-state index contributed by atoms with van der Waals surface area (Å²) < 4.78 is 11.9. The lowest BCUT2D eigenvalue weighted by Crippen LogP contribution is -2.09. The summed E-state index contributed by atoms with van der Waals surface area (Å²) >= 11 is 6.21. The molecule has 1 heterocycles. The molecule has 5 heteroatoms. The van der Waals surface area contributed by atoms with Crippen LogP contribution in [-0.4, -0.2) is 12.5 Å². The van der Waals surface area contributed by atoms with E-state index in [1.807, 2.05) is 57.2 Å². The van der Waals surface area contributed by atoms with Crippen molar-refractivity contribution in [3.8, 4) is 16.9 Å². The number of fused-ring (bicyclic) bond motifs is 2. The van der Waals surface area contributed by atoms with Crippen molar-refractivity contribution >= 4 is 50.5 Å². The minimum absolute atomic E-state index is 0.239. The van der Waals surface area contributed by atoms with Gasteiger partial charge in [0.2, 0.25) is 5.91 Å². The molecule has 1 amide bonds. The number of anilines is 1. The van der Waals surface area contributed by atoms with E-state index in [0.717, 1.165) is 44.2 Å². The molecule has 0 aliphatic rings. The van der Waals surface area contributed by atoms with Crippen LogP contribution in [0.4, 0.5) is 5.69 Å². The predicted molar refractivity (Wildman–Crippen MR) is 149 cm³/mol. The van der Waals surface area contributed by atoms with E-state index in [9.17, 15) is 4.79 Å². The van der Waals surface area contributed by atoms with E-state index in [1.165, 1.54) is 5.39 Å². The summed E-state index contributed by atoms with van der Waals surface area (Å²) in [7, 11) is 0. The maximum Gasteiger partial charge on any atom is 0.248 e. The Kier molecular flexibility index (Phi) is 6.53. The number of furan rings is 1. The van der Waals surface area contributed by atoms with Crippen molar-refractivity contribution < 1.29 is 13.9 Å². The zero-order chi connectivity index (χ0) is 25.2. The highest BCUT2D eigenvalue weighted by Crippen LogP contribution is 2.39. The molecule has 0 radical (unpaired) electrons. The molecule has 0 atom stereocenters. The fraction of sp³-hybridized carbons (Fsp3) is 0.129. The molecule has 0 unspecified atom stereocenters. The van der Waals surface area contributed by atoms with Crippen molar-refractivity contribution in [2.45, 2.75) is 20.8 Å². The van der Waals surface area contributed by atoms with Crippen LogP contribution >= 0.6 is 11.6 Å². The van der Waals surface area contributed by atoms with Crippen LogP contribution < -0.4 is 10.1 Å². The number of benzene rings is 4. The van der Waals surface area contributed by atoms with Gasteiger partial charge in [0.05, 0.1) is 12.9 Å².